The topological polar surface area (TPSA) is 101 Å². The molecule has 1 heterocycles. The van der Waals surface area contributed by atoms with Gasteiger partial charge in [-0.15, -0.1) is 5.10 Å². The van der Waals surface area contributed by atoms with Crippen molar-refractivity contribution in [2.45, 2.75) is 11.1 Å². The van der Waals surface area contributed by atoms with Gasteiger partial charge in [0.25, 0.3) is 16.0 Å². The zero-order valence-electron chi connectivity index (χ0n) is 9.01. The van der Waals surface area contributed by atoms with Crippen molar-refractivity contribution in [1.29, 1.82) is 0 Å². The van der Waals surface area contributed by atoms with Gasteiger partial charge in [0, 0.05) is 0 Å². The molecule has 2 rings (SSSR count). The summed E-state index contributed by atoms with van der Waals surface area (Å²) in [6, 6.07) is 3.02. The Morgan fingerprint density at radius 2 is 1.79 bits per heavy atom. The number of anilines is 1. The van der Waals surface area contributed by atoms with Gasteiger partial charge in [-0.05, 0) is 29.5 Å². The summed E-state index contributed by atoms with van der Waals surface area (Å²) in [5.41, 5.74) is -0.939. The molecule has 0 saturated carbocycles. The Hall–Kier alpha value is -2.17. The highest BCUT2D eigenvalue weighted by atomic mass is 32.2. The molecule has 0 saturated heterocycles. The first-order valence-corrected chi connectivity index (χ1v) is 6.21. The van der Waals surface area contributed by atoms with Crippen LogP contribution in [0.3, 0.4) is 0 Å². The first-order valence-electron chi connectivity index (χ1n) is 4.72. The van der Waals surface area contributed by atoms with Crippen LogP contribution in [0, 0.1) is 0 Å². The van der Waals surface area contributed by atoms with E-state index in [-0.39, 0.29) is 10.8 Å². The Balaban J connectivity index is 2.27. The fraction of sp³-hybridized carbons (Fsp3) is 0.125. The van der Waals surface area contributed by atoms with E-state index in [0.29, 0.717) is 12.1 Å². The molecule has 0 amide bonds. The van der Waals surface area contributed by atoms with Crippen molar-refractivity contribution in [3.05, 3.63) is 29.8 Å². The maximum atomic E-state index is 12.3. The predicted octanol–water partition coefficient (Wildman–Crippen LogP) is 1.02. The molecule has 0 bridgehead atoms. The lowest BCUT2D eigenvalue weighted by atomic mass is 10.2. The van der Waals surface area contributed by atoms with Crippen molar-refractivity contribution < 1.29 is 21.6 Å². The van der Waals surface area contributed by atoms with Crippen LogP contribution in [0.1, 0.15) is 5.56 Å². The van der Waals surface area contributed by atoms with Crippen molar-refractivity contribution in [3.8, 4) is 0 Å². The molecular formula is C8H6F3N5O2S. The molecule has 0 radical (unpaired) electrons. The van der Waals surface area contributed by atoms with E-state index in [9.17, 15) is 21.6 Å². The number of H-pyrrole nitrogens is 1. The summed E-state index contributed by atoms with van der Waals surface area (Å²) in [4.78, 5) is -0.342. The van der Waals surface area contributed by atoms with Crippen LogP contribution in [-0.4, -0.2) is 29.0 Å². The van der Waals surface area contributed by atoms with E-state index in [1.807, 2.05) is 9.94 Å². The van der Waals surface area contributed by atoms with Crippen molar-refractivity contribution in [1.82, 2.24) is 20.6 Å². The van der Waals surface area contributed by atoms with Crippen molar-refractivity contribution in [2.75, 3.05) is 4.72 Å². The number of hydrogen-bond acceptors (Lipinski definition) is 5. The number of nitrogens with one attached hydrogen (secondary N) is 2. The summed E-state index contributed by atoms with van der Waals surface area (Å²) < 4.78 is 62.4. The summed E-state index contributed by atoms with van der Waals surface area (Å²) in [5.74, 6) is -0.306. The molecule has 1 aromatic carbocycles. The SMILES string of the molecule is O=S(=O)(Nc1nn[nH]n1)c1ccc(C(F)(F)F)cc1. The number of tetrazole rings is 1. The van der Waals surface area contributed by atoms with Crippen LogP contribution in [0.15, 0.2) is 29.2 Å². The van der Waals surface area contributed by atoms with Gasteiger partial charge in [0.15, 0.2) is 0 Å². The third-order valence-corrected chi connectivity index (χ3v) is 3.41. The predicted molar refractivity (Wildman–Crippen MR) is 56.4 cm³/mol. The van der Waals surface area contributed by atoms with E-state index in [4.69, 9.17) is 0 Å². The Kier molecular flexibility index (Phi) is 3.14. The van der Waals surface area contributed by atoms with E-state index in [2.05, 4.69) is 15.4 Å². The fourth-order valence-electron chi connectivity index (χ4n) is 1.21. The highest BCUT2D eigenvalue weighted by Gasteiger charge is 2.30. The second-order valence-electron chi connectivity index (χ2n) is 3.36. The molecule has 0 fully saturated rings. The maximum absolute atomic E-state index is 12.3. The number of sulfonamides is 1. The fourth-order valence-corrected chi connectivity index (χ4v) is 2.15. The van der Waals surface area contributed by atoms with Gasteiger partial charge >= 0.3 is 6.18 Å². The highest BCUT2D eigenvalue weighted by molar-refractivity contribution is 7.92. The monoisotopic (exact) mass is 293 g/mol. The lowest BCUT2D eigenvalue weighted by Gasteiger charge is -2.08. The molecule has 2 aromatic rings. The number of hydrogen-bond donors (Lipinski definition) is 2. The van der Waals surface area contributed by atoms with Crippen LogP contribution in [0.5, 0.6) is 0 Å². The molecule has 7 nitrogen and oxygen atoms in total. The van der Waals surface area contributed by atoms with E-state index >= 15 is 0 Å². The van der Waals surface area contributed by atoms with Gasteiger partial charge in [-0.2, -0.15) is 18.4 Å². The number of benzene rings is 1. The standard InChI is InChI=1S/C8H6F3N5O2S/c9-8(10,11)5-1-3-6(4-2-5)19(17,18)14-7-12-15-16-13-7/h1-4H,(H2,12,13,14,15,16). The Morgan fingerprint density at radius 3 is 2.26 bits per heavy atom. The van der Waals surface area contributed by atoms with Gasteiger partial charge in [-0.25, -0.2) is 13.1 Å². The smallest absolute Gasteiger partial charge is 0.245 e. The van der Waals surface area contributed by atoms with Crippen molar-refractivity contribution in [2.24, 2.45) is 0 Å². The van der Waals surface area contributed by atoms with E-state index in [0.717, 1.165) is 12.1 Å². The summed E-state index contributed by atoms with van der Waals surface area (Å²) in [7, 11) is -4.05. The molecule has 11 heteroatoms. The average Bonchev–Trinajstić information content (AvgIpc) is 2.80. The Bertz CT molecular complexity index is 651. The quantitative estimate of drug-likeness (QED) is 0.880. The number of nitrogens with zero attached hydrogens (tertiary/aromatic N) is 3. The van der Waals surface area contributed by atoms with Gasteiger partial charge in [0.2, 0.25) is 0 Å². The highest BCUT2D eigenvalue weighted by Crippen LogP contribution is 2.29. The molecule has 102 valence electrons. The van der Waals surface area contributed by atoms with Crippen LogP contribution in [0.25, 0.3) is 0 Å². The molecule has 1 aromatic heterocycles. The summed E-state index contributed by atoms with van der Waals surface area (Å²) in [6.45, 7) is 0. The molecule has 0 aliphatic heterocycles. The number of aromatic amines is 1. The Labute approximate surface area is 104 Å². The largest absolute Gasteiger partial charge is 0.416 e. The van der Waals surface area contributed by atoms with Crippen molar-refractivity contribution >= 4 is 16.0 Å². The second kappa shape index (κ2) is 4.50. The first kappa shape index (κ1) is 13.3. The average molecular weight is 293 g/mol. The lowest BCUT2D eigenvalue weighted by molar-refractivity contribution is -0.137. The second-order valence-corrected chi connectivity index (χ2v) is 5.05. The van der Waals surface area contributed by atoms with Crippen LogP contribution < -0.4 is 4.72 Å². The van der Waals surface area contributed by atoms with Gasteiger partial charge in [0.1, 0.15) is 0 Å². The van der Waals surface area contributed by atoms with Crippen LogP contribution >= 0.6 is 0 Å². The summed E-state index contributed by atoms with van der Waals surface area (Å²) >= 11 is 0. The maximum Gasteiger partial charge on any atom is 0.416 e. The van der Waals surface area contributed by atoms with E-state index in [1.54, 1.807) is 0 Å². The number of aromatic nitrogens is 4. The summed E-state index contributed by atoms with van der Waals surface area (Å²) in [6.07, 6.45) is -4.52. The number of rotatable bonds is 3. The van der Waals surface area contributed by atoms with Crippen LogP contribution in [-0.2, 0) is 16.2 Å². The molecule has 0 aliphatic rings. The molecular weight excluding hydrogens is 287 g/mol. The van der Waals surface area contributed by atoms with Gasteiger partial charge in [0.05, 0.1) is 10.5 Å². The molecule has 0 unspecified atom stereocenters. The summed E-state index contributed by atoms with van der Waals surface area (Å²) in [5, 5.41) is 11.9. The normalized spacial score (nSPS) is 12.4. The number of halogens is 3. The molecule has 2 N–H and O–H groups in total. The minimum absolute atomic E-state index is 0.306. The zero-order valence-corrected chi connectivity index (χ0v) is 9.83. The zero-order chi connectivity index (χ0) is 14.1. The molecule has 0 aliphatic carbocycles. The Morgan fingerprint density at radius 1 is 1.16 bits per heavy atom. The van der Waals surface area contributed by atoms with Crippen LogP contribution in [0.2, 0.25) is 0 Å². The van der Waals surface area contributed by atoms with Crippen molar-refractivity contribution in [3.63, 3.8) is 0 Å². The number of alkyl halides is 3. The van der Waals surface area contributed by atoms with Gasteiger partial charge < -0.3 is 0 Å². The van der Waals surface area contributed by atoms with Gasteiger partial charge in [-0.1, -0.05) is 5.10 Å². The molecule has 0 spiro atoms. The van der Waals surface area contributed by atoms with Gasteiger partial charge in [-0.3, -0.25) is 0 Å². The van der Waals surface area contributed by atoms with Crippen LogP contribution in [0.4, 0.5) is 19.1 Å². The molecule has 0 atom stereocenters. The van der Waals surface area contributed by atoms with E-state index in [1.165, 1.54) is 0 Å². The minimum atomic E-state index is -4.52. The minimum Gasteiger partial charge on any atom is -0.245 e. The molecule has 19 heavy (non-hydrogen) atoms. The first-order chi connectivity index (χ1) is 8.79. The van der Waals surface area contributed by atoms with E-state index < -0.39 is 21.8 Å². The third-order valence-electron chi connectivity index (χ3n) is 2.06. The third kappa shape index (κ3) is 2.99. The lowest BCUT2D eigenvalue weighted by Crippen LogP contribution is -2.14.